The largest absolute Gasteiger partial charge is 0.265 e. The first-order chi connectivity index (χ1) is 60.0. The van der Waals surface area contributed by atoms with E-state index in [0.717, 1.165) is 27.6 Å². The molecule has 0 spiro atoms. The Bertz CT molecular complexity index is 7860. The number of pyridine rings is 10. The average Bonchev–Trinajstić information content (AvgIpc) is 1.52. The van der Waals surface area contributed by atoms with E-state index in [1.54, 1.807) is 0 Å². The maximum Gasteiger partial charge on any atom is 0.265 e. The highest BCUT2D eigenvalue weighted by molar-refractivity contribution is 6.19. The van der Waals surface area contributed by atoms with E-state index in [0.29, 0.717) is 29.6 Å². The van der Waals surface area contributed by atoms with Gasteiger partial charge in [0, 0.05) is 115 Å². The molecule has 124 heavy (non-hydrogen) atoms. The van der Waals surface area contributed by atoms with Crippen LogP contribution < -0.4 is 23.2 Å². The first kappa shape index (κ1) is 80.8. The van der Waals surface area contributed by atoms with Crippen molar-refractivity contribution in [3.05, 3.63) is 292 Å². The summed E-state index contributed by atoms with van der Waals surface area (Å²) in [6, 6.07) is 59.7. The van der Waals surface area contributed by atoms with Gasteiger partial charge in [0.15, 0.2) is 53.0 Å². The van der Waals surface area contributed by atoms with Crippen molar-refractivity contribution in [3.63, 3.8) is 0 Å². The van der Waals surface area contributed by atoms with E-state index >= 15 is 0 Å². The second kappa shape index (κ2) is 32.1. The molecule has 0 amide bonds. The lowest BCUT2D eigenvalue weighted by molar-refractivity contribution is -0.735. The third-order valence-electron chi connectivity index (χ3n) is 27.8. The second-order valence-electron chi connectivity index (χ2n) is 36.5. The molecule has 6 aromatic carbocycles. The lowest BCUT2D eigenvalue weighted by Gasteiger charge is -2.24. The van der Waals surface area contributed by atoms with E-state index in [9.17, 15) is 0 Å². The molecule has 15 nitrogen and oxygen atoms in total. The molecule has 622 valence electrons. The van der Waals surface area contributed by atoms with Crippen LogP contribution in [0.3, 0.4) is 0 Å². The number of aromatic nitrogens is 15. The fourth-order valence-electron chi connectivity index (χ4n) is 21.6. The number of hydrogen-bond acceptors (Lipinski definition) is 5. The molecule has 0 N–H and O–H groups in total. The number of benzene rings is 6. The van der Waals surface area contributed by atoms with Gasteiger partial charge in [-0.1, -0.05) is 181 Å². The van der Waals surface area contributed by atoms with Crippen LogP contribution in [-0.4, -0.2) is 47.7 Å². The van der Waals surface area contributed by atoms with E-state index < -0.39 is 0 Å². The van der Waals surface area contributed by atoms with Gasteiger partial charge in [0.05, 0.1) is 18.1 Å². The van der Waals surface area contributed by atoms with Gasteiger partial charge in [0.1, 0.15) is 71.7 Å². The minimum absolute atomic E-state index is 0.444. The Morgan fingerprint density at radius 1 is 0.315 bits per heavy atom. The smallest absolute Gasteiger partial charge is 0.254 e. The van der Waals surface area contributed by atoms with Crippen molar-refractivity contribution in [2.45, 2.75) is 184 Å². The van der Waals surface area contributed by atoms with Gasteiger partial charge in [-0.05, 0) is 214 Å². The summed E-state index contributed by atoms with van der Waals surface area (Å²) in [6.07, 6.45) is 30.3. The zero-order chi connectivity index (χ0) is 86.1. The number of aryl methyl sites for hydroxylation is 12. The molecule has 15 heterocycles. The Morgan fingerprint density at radius 2 is 0.653 bits per heavy atom. The van der Waals surface area contributed by atoms with Crippen LogP contribution in [0, 0.1) is 55.4 Å². The molecule has 0 aliphatic heterocycles. The average molecular weight is 1640 g/mol. The summed E-state index contributed by atoms with van der Waals surface area (Å²) in [7, 11) is 10.5. The molecule has 0 unspecified atom stereocenters. The summed E-state index contributed by atoms with van der Waals surface area (Å²) in [5.41, 5.74) is 38.0. The van der Waals surface area contributed by atoms with Crippen LogP contribution in [0.4, 0.5) is 0 Å². The Balaban J connectivity index is 0.000000102. The van der Waals surface area contributed by atoms with Crippen LogP contribution >= 0.6 is 0 Å². The number of rotatable bonds is 6. The number of fused-ring (bicyclic) bond motifs is 30. The molecule has 0 atom stereocenters. The summed E-state index contributed by atoms with van der Waals surface area (Å²) < 4.78 is 22.4. The SMILES string of the molecule is Cc1c(C)n(C)[n+]2c1c1cccc(C(C)C)c1c1nccc(C)c12.Cc1cccc2c1c1nccc(C)c1n1c2cc[n+]1C.Cc1ccnc2c3c(-c4c(C(C)C)cccc4C(C)C)cccc3c3cc[n+](C)n3c12.Cc1ccnc2c3c(C4CCCC4)cccc3c3cc[n+](C)n3c12.Cc1ccnc2c3c(C4CCCCC4)cccc3c3cc[n+](C)n3c12. The summed E-state index contributed by atoms with van der Waals surface area (Å²) in [6.45, 7) is 31.1. The normalized spacial score (nSPS) is 13.6. The van der Waals surface area contributed by atoms with Crippen molar-refractivity contribution in [2.24, 2.45) is 35.2 Å². The van der Waals surface area contributed by atoms with Gasteiger partial charge in [-0.3, -0.25) is 19.9 Å². The number of hydrogen-bond donors (Lipinski definition) is 0. The summed E-state index contributed by atoms with van der Waals surface area (Å²) in [5.74, 6) is 2.71. The van der Waals surface area contributed by atoms with Gasteiger partial charge in [0.2, 0.25) is 5.52 Å². The molecular formula is C109H116N15+5. The molecule has 0 saturated heterocycles. The summed E-state index contributed by atoms with van der Waals surface area (Å²) in [5, 5.41) is 13.0. The van der Waals surface area contributed by atoms with Crippen molar-refractivity contribution in [1.29, 1.82) is 0 Å². The quantitative estimate of drug-likeness (QED) is 0.122. The van der Waals surface area contributed by atoms with Crippen LogP contribution in [0.2, 0.25) is 0 Å². The van der Waals surface area contributed by atoms with Crippen molar-refractivity contribution in [3.8, 4) is 11.1 Å². The topological polar surface area (TPSA) is 107 Å². The molecule has 0 radical (unpaired) electrons. The highest BCUT2D eigenvalue weighted by Gasteiger charge is 2.32. The van der Waals surface area contributed by atoms with Crippen LogP contribution in [0.5, 0.6) is 0 Å². The lowest BCUT2D eigenvalue weighted by Crippen LogP contribution is -2.34. The first-order valence-corrected chi connectivity index (χ1v) is 45.0. The number of nitrogens with zero attached hydrogens (tertiary/aromatic N) is 15. The highest BCUT2D eigenvalue weighted by atomic mass is 15.4. The van der Waals surface area contributed by atoms with Gasteiger partial charge in [-0.15, -0.1) is 36.8 Å². The Kier molecular flexibility index (Phi) is 20.9. The standard InChI is InChI=1S/C28H30N3.C22H24N3.C21H22N3.C21H24N3.C17H16N3/c1-17(2)20-9-7-10-21(18(3)4)25(20)23-12-8-11-22-24-14-16-30(6)31(24)28-19(5)13-15-29-27(28)26(22)23;1-15-11-13-23-21-20-17(16-7-4-3-5-8-16)9-6-10-18(20)19-12-14-24(2)25(19)22(15)21;1-14-10-12-22-20-19-16(15-6-3-4-7-15)8-5-9-17(19)18-11-13-23(2)24(18)21(14)20;1-12(2)16-8-7-9-17-18(16)19-20(13(3)10-11-22-19)24-21(17)14(4)15(5)23(24)6;1-11-5-4-6-13-14-8-10-19(3)20(14)17-12(2)7-9-18-16(17)15(11)13/h7-18H,1-6H3;6,9-14,16H,3-5,7-8H2,1-2H3;5,8-13,15H,3-4,6-7H2,1-2H3;7-12H,1-6H3;4-10H,1-3H3/q5*+1. The summed E-state index contributed by atoms with van der Waals surface area (Å²) in [4.78, 5) is 24.1. The lowest BCUT2D eigenvalue weighted by atomic mass is 9.82. The minimum atomic E-state index is 0.444. The fraction of sp³-hybridized carbons (Fsp3) is 0.303. The van der Waals surface area contributed by atoms with E-state index in [4.69, 9.17) is 19.9 Å². The molecule has 23 rings (SSSR count). The van der Waals surface area contributed by atoms with E-state index in [2.05, 4.69) is 372 Å². The Morgan fingerprint density at radius 3 is 1.09 bits per heavy atom. The molecule has 0 bridgehead atoms. The zero-order valence-electron chi connectivity index (χ0n) is 75.7. The van der Waals surface area contributed by atoms with Crippen molar-refractivity contribution >= 4 is 137 Å². The minimum Gasteiger partial charge on any atom is -0.254 e. The molecule has 21 aromatic rings. The molecule has 15 aromatic heterocycles. The Hall–Kier alpha value is -12.9. The first-order valence-electron chi connectivity index (χ1n) is 45.0. The van der Waals surface area contributed by atoms with Gasteiger partial charge >= 0.3 is 0 Å². The van der Waals surface area contributed by atoms with E-state index in [1.165, 1.54) is 250 Å². The predicted molar refractivity (Wildman–Crippen MR) is 510 cm³/mol. The highest BCUT2D eigenvalue weighted by Crippen LogP contribution is 2.46. The third-order valence-corrected chi connectivity index (χ3v) is 27.8. The Labute approximate surface area is 725 Å². The van der Waals surface area contributed by atoms with Crippen LogP contribution in [0.25, 0.3) is 148 Å². The fourth-order valence-corrected chi connectivity index (χ4v) is 21.6. The molecule has 2 aliphatic carbocycles. The predicted octanol–water partition coefficient (Wildman–Crippen LogP) is 23.5. The molecule has 2 saturated carbocycles. The van der Waals surface area contributed by atoms with Gasteiger partial charge in [-0.25, -0.2) is 4.98 Å². The zero-order valence-corrected chi connectivity index (χ0v) is 75.7. The molecule has 2 fully saturated rings. The van der Waals surface area contributed by atoms with Crippen molar-refractivity contribution < 1.29 is 23.2 Å². The molecule has 15 heteroatoms. The monoisotopic (exact) mass is 1630 g/mol. The van der Waals surface area contributed by atoms with Gasteiger partial charge in [0.25, 0.3) is 5.52 Å². The van der Waals surface area contributed by atoms with Crippen LogP contribution in [0.1, 0.15) is 201 Å². The van der Waals surface area contributed by atoms with E-state index in [-0.39, 0.29) is 0 Å². The van der Waals surface area contributed by atoms with Crippen molar-refractivity contribution in [2.75, 3.05) is 0 Å². The van der Waals surface area contributed by atoms with E-state index in [1.807, 2.05) is 31.0 Å². The van der Waals surface area contributed by atoms with Crippen LogP contribution in [-0.2, 0) is 35.2 Å². The second-order valence-corrected chi connectivity index (χ2v) is 36.5. The maximum absolute atomic E-state index is 4.94. The molecular weight excluding hydrogens is 1520 g/mol. The van der Waals surface area contributed by atoms with Crippen molar-refractivity contribution in [1.82, 2.24) is 47.7 Å². The maximum atomic E-state index is 4.94. The van der Waals surface area contributed by atoms with Gasteiger partial charge < -0.3 is 0 Å². The third kappa shape index (κ3) is 13.1. The molecule has 2 aliphatic rings. The van der Waals surface area contributed by atoms with Crippen LogP contribution in [0.15, 0.2) is 220 Å². The summed E-state index contributed by atoms with van der Waals surface area (Å²) >= 11 is 0. The van der Waals surface area contributed by atoms with Gasteiger partial charge in [-0.2, -0.15) is 4.68 Å².